The Morgan fingerprint density at radius 1 is 1.11 bits per heavy atom. The van der Waals surface area contributed by atoms with Crippen LogP contribution in [0.1, 0.15) is 36.8 Å². The second-order valence-electron chi connectivity index (χ2n) is 10.4. The lowest BCUT2D eigenvalue weighted by Crippen LogP contribution is -2.68. The Kier molecular flexibility index (Phi) is 7.56. The van der Waals surface area contributed by atoms with Crippen molar-refractivity contribution in [1.82, 2.24) is 20.1 Å². The molecule has 1 spiro atoms. The van der Waals surface area contributed by atoms with Gasteiger partial charge in [-0.3, -0.25) is 15.1 Å². The van der Waals surface area contributed by atoms with E-state index in [4.69, 9.17) is 9.47 Å². The maximum absolute atomic E-state index is 13.6. The number of carbonyl (C=O) groups is 3. The zero-order valence-corrected chi connectivity index (χ0v) is 22.4. The molecule has 10 heteroatoms. The van der Waals surface area contributed by atoms with Crippen LogP contribution in [0.2, 0.25) is 0 Å². The fourth-order valence-electron chi connectivity index (χ4n) is 5.04. The Balaban J connectivity index is 1.32. The summed E-state index contributed by atoms with van der Waals surface area (Å²) in [5.41, 5.74) is 2.03. The highest BCUT2D eigenvalue weighted by atomic mass is 32.2. The van der Waals surface area contributed by atoms with Gasteiger partial charge in [0.25, 0.3) is 0 Å². The zero-order chi connectivity index (χ0) is 26.8. The molecule has 1 N–H and O–H groups in total. The number of nitrogens with zero attached hydrogens (tertiary/aromatic N) is 3. The number of ether oxygens (including phenoxy) is 2. The highest BCUT2D eigenvalue weighted by molar-refractivity contribution is 7.99. The maximum atomic E-state index is 13.6. The van der Waals surface area contributed by atoms with Crippen LogP contribution < -0.4 is 5.32 Å². The van der Waals surface area contributed by atoms with Crippen molar-refractivity contribution in [3.05, 3.63) is 78.1 Å². The molecule has 0 saturated carbocycles. The van der Waals surface area contributed by atoms with Crippen molar-refractivity contribution in [1.29, 1.82) is 0 Å². The number of hydrogen-bond acceptors (Lipinski definition) is 9. The van der Waals surface area contributed by atoms with Gasteiger partial charge in [-0.25, -0.2) is 14.5 Å². The van der Waals surface area contributed by atoms with Gasteiger partial charge in [0.1, 0.15) is 6.54 Å². The summed E-state index contributed by atoms with van der Waals surface area (Å²) in [5.74, 6) is -2.56. The first-order chi connectivity index (χ1) is 18.3. The molecule has 3 aliphatic rings. The Hall–Kier alpha value is -3.21. The highest BCUT2D eigenvalue weighted by Crippen LogP contribution is 2.35. The predicted octanol–water partition coefficient (Wildman–Crippen LogP) is 2.61. The molecule has 4 heterocycles. The molecule has 3 aliphatic heterocycles. The van der Waals surface area contributed by atoms with Crippen LogP contribution in [-0.2, 0) is 29.3 Å². The van der Waals surface area contributed by atoms with Crippen molar-refractivity contribution >= 4 is 29.6 Å². The van der Waals surface area contributed by atoms with Crippen molar-refractivity contribution in [2.75, 3.05) is 31.9 Å². The summed E-state index contributed by atoms with van der Waals surface area (Å²) in [6.45, 7) is 5.58. The standard InChI is InChI=1S/C28H32N4O5S/c1-27(2,21-8-4-3-5-9-21)12-14-32-16-15-31(19-28(32)36-23(33)10-11-24(34)37-28)26(35)22-18-38-25(30-22)20-7-6-13-29-17-20/h3-11,13,17,22,25,30H,12,14-16,18-19H2,1-2H3. The Morgan fingerprint density at radius 3 is 2.53 bits per heavy atom. The van der Waals surface area contributed by atoms with Crippen molar-refractivity contribution in [3.63, 3.8) is 0 Å². The van der Waals surface area contributed by atoms with Gasteiger partial charge in [0, 0.05) is 49.9 Å². The molecule has 2 fully saturated rings. The quantitative estimate of drug-likeness (QED) is 0.559. The molecule has 9 nitrogen and oxygen atoms in total. The van der Waals surface area contributed by atoms with Gasteiger partial charge < -0.3 is 14.4 Å². The van der Waals surface area contributed by atoms with E-state index in [0.29, 0.717) is 25.4 Å². The number of thioether (sulfide) groups is 1. The number of amides is 1. The molecule has 2 aromatic rings. The van der Waals surface area contributed by atoms with Crippen LogP contribution >= 0.6 is 11.8 Å². The van der Waals surface area contributed by atoms with Crippen molar-refractivity contribution < 1.29 is 23.9 Å². The van der Waals surface area contributed by atoms with E-state index in [1.165, 1.54) is 5.56 Å². The third-order valence-electron chi connectivity index (χ3n) is 7.33. The van der Waals surface area contributed by atoms with E-state index in [1.807, 2.05) is 35.2 Å². The second-order valence-corrected chi connectivity index (χ2v) is 11.5. The van der Waals surface area contributed by atoms with Crippen LogP contribution in [-0.4, -0.2) is 76.5 Å². The molecular formula is C28H32N4O5S. The molecule has 0 radical (unpaired) electrons. The molecule has 2 saturated heterocycles. The van der Waals surface area contributed by atoms with E-state index in [2.05, 4.69) is 36.3 Å². The fourth-order valence-corrected chi connectivity index (χ4v) is 6.26. The number of benzene rings is 1. The van der Waals surface area contributed by atoms with Gasteiger partial charge in [0.15, 0.2) is 0 Å². The first-order valence-electron chi connectivity index (χ1n) is 12.8. The van der Waals surface area contributed by atoms with Crippen molar-refractivity contribution in [2.45, 2.75) is 43.0 Å². The fraction of sp³-hybridized carbons (Fsp3) is 0.429. The van der Waals surface area contributed by atoms with Crippen LogP contribution in [0.5, 0.6) is 0 Å². The van der Waals surface area contributed by atoms with Crippen LogP contribution in [0.15, 0.2) is 67.0 Å². The monoisotopic (exact) mass is 536 g/mol. The number of nitrogens with one attached hydrogen (secondary N) is 1. The largest absolute Gasteiger partial charge is 0.403 e. The van der Waals surface area contributed by atoms with Crippen molar-refractivity contribution in [3.8, 4) is 0 Å². The van der Waals surface area contributed by atoms with E-state index in [0.717, 1.165) is 24.1 Å². The highest BCUT2D eigenvalue weighted by Gasteiger charge is 2.52. The molecule has 2 atom stereocenters. The average molecular weight is 537 g/mol. The van der Waals surface area contributed by atoms with Crippen LogP contribution in [0.3, 0.4) is 0 Å². The average Bonchev–Trinajstić information content (AvgIpc) is 3.37. The topological polar surface area (TPSA) is 101 Å². The SMILES string of the molecule is CC(C)(CCN1CCN(C(=O)C2CSC(c3cccnc3)N2)CC12OC(=O)C=CC(=O)O2)c1ccccc1. The van der Waals surface area contributed by atoms with Gasteiger partial charge >= 0.3 is 17.8 Å². The van der Waals surface area contributed by atoms with E-state index in [-0.39, 0.29) is 23.2 Å². The van der Waals surface area contributed by atoms with E-state index in [9.17, 15) is 14.4 Å². The molecule has 0 bridgehead atoms. The molecule has 1 amide bonds. The minimum atomic E-state index is -1.69. The van der Waals surface area contributed by atoms with Crippen molar-refractivity contribution in [2.24, 2.45) is 0 Å². The Bertz CT molecular complexity index is 1190. The molecule has 200 valence electrons. The summed E-state index contributed by atoms with van der Waals surface area (Å²) in [5, 5.41) is 3.35. The van der Waals surface area contributed by atoms with Gasteiger partial charge in [-0.05, 0) is 29.0 Å². The Morgan fingerprint density at radius 2 is 1.84 bits per heavy atom. The molecule has 1 aromatic carbocycles. The van der Waals surface area contributed by atoms with E-state index >= 15 is 0 Å². The summed E-state index contributed by atoms with van der Waals surface area (Å²) in [6.07, 6.45) is 6.37. The predicted molar refractivity (Wildman–Crippen MR) is 143 cm³/mol. The molecular weight excluding hydrogens is 504 g/mol. The van der Waals surface area contributed by atoms with Crippen LogP contribution in [0.25, 0.3) is 0 Å². The third kappa shape index (κ3) is 5.62. The van der Waals surface area contributed by atoms with Gasteiger partial charge in [0.05, 0.1) is 11.4 Å². The van der Waals surface area contributed by atoms with Gasteiger partial charge in [0.2, 0.25) is 5.91 Å². The van der Waals surface area contributed by atoms with E-state index < -0.39 is 23.9 Å². The number of aromatic nitrogens is 1. The number of piperazine rings is 1. The third-order valence-corrected chi connectivity index (χ3v) is 8.60. The molecule has 2 unspecified atom stereocenters. The number of carbonyl (C=O) groups excluding carboxylic acids is 3. The smallest absolute Gasteiger partial charge is 0.339 e. The first kappa shape index (κ1) is 26.4. The number of rotatable bonds is 6. The zero-order valence-electron chi connectivity index (χ0n) is 21.5. The minimum absolute atomic E-state index is 0.0362. The van der Waals surface area contributed by atoms with Gasteiger partial charge in [-0.1, -0.05) is 50.2 Å². The lowest BCUT2D eigenvalue weighted by Gasteiger charge is -2.48. The molecule has 5 rings (SSSR count). The summed E-state index contributed by atoms with van der Waals surface area (Å²) in [4.78, 5) is 46.3. The normalized spacial score (nSPS) is 23.7. The molecule has 38 heavy (non-hydrogen) atoms. The molecule has 0 aliphatic carbocycles. The van der Waals surface area contributed by atoms with E-state index in [1.54, 1.807) is 29.1 Å². The van der Waals surface area contributed by atoms with Crippen LogP contribution in [0.4, 0.5) is 0 Å². The summed E-state index contributed by atoms with van der Waals surface area (Å²) < 4.78 is 11.5. The lowest BCUT2D eigenvalue weighted by atomic mass is 9.81. The molecule has 1 aromatic heterocycles. The number of hydrogen-bond donors (Lipinski definition) is 1. The summed E-state index contributed by atoms with van der Waals surface area (Å²) in [7, 11) is 0. The summed E-state index contributed by atoms with van der Waals surface area (Å²) in [6, 6.07) is 13.6. The van der Waals surface area contributed by atoms with Gasteiger partial charge in [-0.15, -0.1) is 11.8 Å². The lowest BCUT2D eigenvalue weighted by molar-refractivity contribution is -0.298. The number of esters is 2. The maximum Gasteiger partial charge on any atom is 0.339 e. The Labute approximate surface area is 226 Å². The summed E-state index contributed by atoms with van der Waals surface area (Å²) >= 11 is 1.65. The van der Waals surface area contributed by atoms with Crippen LogP contribution in [0, 0.1) is 0 Å². The van der Waals surface area contributed by atoms with Gasteiger partial charge in [-0.2, -0.15) is 0 Å². The minimum Gasteiger partial charge on any atom is -0.403 e. The second kappa shape index (κ2) is 10.9. The first-order valence-corrected chi connectivity index (χ1v) is 13.8. The number of pyridine rings is 1.